The molecule has 0 N–H and O–H groups in total. The third-order valence-corrected chi connectivity index (χ3v) is 3.45. The minimum Gasteiger partial charge on any atom is -0.192 e. The van der Waals surface area contributed by atoms with Gasteiger partial charge < -0.3 is 0 Å². The lowest BCUT2D eigenvalue weighted by Gasteiger charge is -2.03. The molecule has 3 heteroatoms. The van der Waals surface area contributed by atoms with Crippen LogP contribution in [0.25, 0.3) is 0 Å². The van der Waals surface area contributed by atoms with Gasteiger partial charge in [0, 0.05) is 8.90 Å². The van der Waals surface area contributed by atoms with Gasteiger partial charge in [-0.1, -0.05) is 15.9 Å². The molecule has 1 aromatic carbocycles. The van der Waals surface area contributed by atoms with E-state index in [0.29, 0.717) is 0 Å². The first-order chi connectivity index (χ1) is 5.69. The summed E-state index contributed by atoms with van der Waals surface area (Å²) in [5.41, 5.74) is 3.00. The molecular formula is C9H7BrIN. The van der Waals surface area contributed by atoms with E-state index in [0.717, 1.165) is 25.6 Å². The van der Waals surface area contributed by atoms with E-state index in [1.165, 1.54) is 0 Å². The first kappa shape index (κ1) is 10.0. The third kappa shape index (κ3) is 1.99. The zero-order valence-corrected chi connectivity index (χ0v) is 10.3. The minimum absolute atomic E-state index is 0.774. The number of hydrogen-bond acceptors (Lipinski definition) is 1. The van der Waals surface area contributed by atoms with Crippen LogP contribution in [0.4, 0.5) is 0 Å². The molecule has 0 radical (unpaired) electrons. The number of hydrogen-bond donors (Lipinski definition) is 0. The van der Waals surface area contributed by atoms with E-state index in [1.807, 2.05) is 13.0 Å². The van der Waals surface area contributed by atoms with E-state index in [4.69, 9.17) is 5.26 Å². The number of nitriles is 1. The van der Waals surface area contributed by atoms with E-state index in [2.05, 4.69) is 50.7 Å². The Kier molecular flexibility index (Phi) is 3.53. The molecule has 1 nitrogen and oxygen atoms in total. The Morgan fingerprint density at radius 3 is 2.75 bits per heavy atom. The highest BCUT2D eigenvalue weighted by Gasteiger charge is 2.03. The molecule has 0 aliphatic carbocycles. The standard InChI is InChI=1S/C9H7BrIN/c1-6-8(5-12)2-7(4-10)3-9(6)11/h2-3H,4H2,1H3. The average Bonchev–Trinajstić information content (AvgIpc) is 2.09. The van der Waals surface area contributed by atoms with Gasteiger partial charge in [0.15, 0.2) is 0 Å². The van der Waals surface area contributed by atoms with Crippen LogP contribution < -0.4 is 0 Å². The van der Waals surface area contributed by atoms with Crippen molar-refractivity contribution >= 4 is 38.5 Å². The molecule has 0 amide bonds. The van der Waals surface area contributed by atoms with Crippen LogP contribution in [0.2, 0.25) is 0 Å². The predicted octanol–water partition coefficient (Wildman–Crippen LogP) is 3.37. The molecule has 0 bridgehead atoms. The Morgan fingerprint density at radius 1 is 1.58 bits per heavy atom. The van der Waals surface area contributed by atoms with E-state index >= 15 is 0 Å². The topological polar surface area (TPSA) is 23.8 Å². The van der Waals surface area contributed by atoms with E-state index < -0.39 is 0 Å². The fourth-order valence-corrected chi connectivity index (χ4v) is 1.94. The normalized spacial score (nSPS) is 9.50. The summed E-state index contributed by atoms with van der Waals surface area (Å²) in [4.78, 5) is 0. The van der Waals surface area contributed by atoms with Gasteiger partial charge in [0.05, 0.1) is 11.6 Å². The molecule has 0 saturated carbocycles. The highest BCUT2D eigenvalue weighted by Crippen LogP contribution is 2.19. The van der Waals surface area contributed by atoms with Crippen molar-refractivity contribution in [3.05, 3.63) is 32.4 Å². The van der Waals surface area contributed by atoms with Crippen molar-refractivity contribution in [2.45, 2.75) is 12.3 Å². The first-order valence-corrected chi connectivity index (χ1v) is 5.64. The lowest BCUT2D eigenvalue weighted by atomic mass is 10.1. The minimum atomic E-state index is 0.774. The Balaban J connectivity index is 3.31. The van der Waals surface area contributed by atoms with Crippen LogP contribution >= 0.6 is 38.5 Å². The molecule has 1 aromatic rings. The van der Waals surface area contributed by atoms with Crippen LogP contribution in [-0.4, -0.2) is 0 Å². The Bertz CT molecular complexity index is 341. The van der Waals surface area contributed by atoms with Crippen LogP contribution in [0.3, 0.4) is 0 Å². The fourth-order valence-electron chi connectivity index (χ4n) is 0.928. The molecule has 0 saturated heterocycles. The van der Waals surface area contributed by atoms with Gasteiger partial charge in [0.1, 0.15) is 0 Å². The van der Waals surface area contributed by atoms with Crippen LogP contribution in [0.5, 0.6) is 0 Å². The van der Waals surface area contributed by atoms with Crippen molar-refractivity contribution < 1.29 is 0 Å². The number of rotatable bonds is 1. The lowest BCUT2D eigenvalue weighted by Crippen LogP contribution is -1.90. The SMILES string of the molecule is Cc1c(I)cc(CBr)cc1C#N. The quantitative estimate of drug-likeness (QED) is 0.570. The highest BCUT2D eigenvalue weighted by atomic mass is 127. The maximum atomic E-state index is 8.79. The van der Waals surface area contributed by atoms with Gasteiger partial charge in [0.2, 0.25) is 0 Å². The van der Waals surface area contributed by atoms with Gasteiger partial charge in [0.25, 0.3) is 0 Å². The van der Waals surface area contributed by atoms with Gasteiger partial charge in [-0.25, -0.2) is 0 Å². The molecule has 0 aromatic heterocycles. The molecular weight excluding hydrogens is 329 g/mol. The van der Waals surface area contributed by atoms with Crippen molar-refractivity contribution in [3.8, 4) is 6.07 Å². The van der Waals surface area contributed by atoms with Crippen molar-refractivity contribution in [3.63, 3.8) is 0 Å². The number of benzene rings is 1. The Labute approximate surface area is 94.0 Å². The van der Waals surface area contributed by atoms with Gasteiger partial charge in [-0.15, -0.1) is 0 Å². The van der Waals surface area contributed by atoms with Crippen LogP contribution in [0.15, 0.2) is 12.1 Å². The molecule has 0 unspecified atom stereocenters. The van der Waals surface area contributed by atoms with Crippen molar-refractivity contribution in [2.75, 3.05) is 0 Å². The monoisotopic (exact) mass is 335 g/mol. The summed E-state index contributed by atoms with van der Waals surface area (Å²) in [6.07, 6.45) is 0. The predicted molar refractivity (Wildman–Crippen MR) is 61.2 cm³/mol. The van der Waals surface area contributed by atoms with Gasteiger partial charge in [-0.2, -0.15) is 5.26 Å². The van der Waals surface area contributed by atoms with Gasteiger partial charge in [-0.05, 0) is 52.8 Å². The van der Waals surface area contributed by atoms with Crippen molar-refractivity contribution in [1.82, 2.24) is 0 Å². The maximum Gasteiger partial charge on any atom is 0.0994 e. The number of halogens is 2. The molecule has 0 aliphatic rings. The zero-order valence-electron chi connectivity index (χ0n) is 6.56. The van der Waals surface area contributed by atoms with E-state index in [-0.39, 0.29) is 0 Å². The zero-order chi connectivity index (χ0) is 9.14. The first-order valence-electron chi connectivity index (χ1n) is 3.44. The summed E-state index contributed by atoms with van der Waals surface area (Å²) < 4.78 is 1.15. The Morgan fingerprint density at radius 2 is 2.25 bits per heavy atom. The summed E-state index contributed by atoms with van der Waals surface area (Å²) >= 11 is 5.62. The fraction of sp³-hybridized carbons (Fsp3) is 0.222. The molecule has 12 heavy (non-hydrogen) atoms. The molecule has 0 aliphatic heterocycles. The second-order valence-electron chi connectivity index (χ2n) is 2.50. The van der Waals surface area contributed by atoms with Gasteiger partial charge >= 0.3 is 0 Å². The van der Waals surface area contributed by atoms with E-state index in [1.54, 1.807) is 0 Å². The van der Waals surface area contributed by atoms with Crippen LogP contribution in [-0.2, 0) is 5.33 Å². The molecule has 0 fully saturated rings. The average molecular weight is 336 g/mol. The lowest BCUT2D eigenvalue weighted by molar-refractivity contribution is 1.31. The summed E-state index contributed by atoms with van der Waals surface area (Å²) in [7, 11) is 0. The number of nitrogens with zero attached hydrogens (tertiary/aromatic N) is 1. The maximum absolute atomic E-state index is 8.79. The molecule has 0 spiro atoms. The van der Waals surface area contributed by atoms with Crippen molar-refractivity contribution in [1.29, 1.82) is 5.26 Å². The second kappa shape index (κ2) is 4.24. The molecule has 1 rings (SSSR count). The summed E-state index contributed by atoms with van der Waals surface area (Å²) in [5.74, 6) is 0. The smallest absolute Gasteiger partial charge is 0.0994 e. The van der Waals surface area contributed by atoms with Crippen molar-refractivity contribution in [2.24, 2.45) is 0 Å². The summed E-state index contributed by atoms with van der Waals surface area (Å²) in [5, 5.41) is 9.60. The second-order valence-corrected chi connectivity index (χ2v) is 4.22. The summed E-state index contributed by atoms with van der Waals surface area (Å²) in [6, 6.07) is 6.20. The largest absolute Gasteiger partial charge is 0.192 e. The van der Waals surface area contributed by atoms with Crippen LogP contribution in [0, 0.1) is 21.8 Å². The molecule has 0 atom stereocenters. The van der Waals surface area contributed by atoms with Gasteiger partial charge in [-0.3, -0.25) is 0 Å². The highest BCUT2D eigenvalue weighted by molar-refractivity contribution is 14.1. The third-order valence-electron chi connectivity index (χ3n) is 1.68. The van der Waals surface area contributed by atoms with E-state index in [9.17, 15) is 0 Å². The molecule has 0 heterocycles. The number of alkyl halides is 1. The van der Waals surface area contributed by atoms with Crippen LogP contribution in [0.1, 0.15) is 16.7 Å². The molecule has 62 valence electrons. The Hall–Kier alpha value is -0.0800. The summed E-state index contributed by atoms with van der Waals surface area (Å²) in [6.45, 7) is 1.97.